The van der Waals surface area contributed by atoms with Crippen LogP contribution in [0, 0.1) is 0 Å². The Labute approximate surface area is 354 Å². The first-order chi connectivity index (χ1) is 29.0. The Balaban J connectivity index is 1.09. The van der Waals surface area contributed by atoms with Crippen LogP contribution in [0.1, 0.15) is 38.3 Å². The van der Waals surface area contributed by atoms with Gasteiger partial charge < -0.3 is 104 Å². The third-order valence-electron chi connectivity index (χ3n) is 11.8. The lowest BCUT2D eigenvalue weighted by Crippen LogP contribution is -2.68. The van der Waals surface area contributed by atoms with Gasteiger partial charge in [0, 0.05) is 59.7 Å². The lowest BCUT2D eigenvalue weighted by molar-refractivity contribution is -0.306. The second-order valence-electron chi connectivity index (χ2n) is 15.9. The fraction of sp³-hybridized carbons (Fsp3) is 0.605. The van der Waals surface area contributed by atoms with E-state index in [0.29, 0.717) is 11.3 Å². The number of benzene rings is 2. The lowest BCUT2D eigenvalue weighted by atomic mass is 9.84. The molecular weight excluding hydrogens is 825 g/mol. The van der Waals surface area contributed by atoms with Gasteiger partial charge in [-0.25, -0.2) is 0 Å². The van der Waals surface area contributed by atoms with E-state index in [1.807, 2.05) is 0 Å². The van der Waals surface area contributed by atoms with Gasteiger partial charge in [0.25, 0.3) is 0 Å². The predicted molar refractivity (Wildman–Crippen MR) is 215 cm³/mol. The summed E-state index contributed by atoms with van der Waals surface area (Å²) in [4.78, 5) is 26.4. The highest BCUT2D eigenvalue weighted by Crippen LogP contribution is 2.35. The Bertz CT molecular complexity index is 1920. The molecular formula is C38H54N8O14S. The summed E-state index contributed by atoms with van der Waals surface area (Å²) in [6.07, 6.45) is -20.6. The summed E-state index contributed by atoms with van der Waals surface area (Å²) in [7, 11) is 0. The molecule has 3 heterocycles. The zero-order chi connectivity index (χ0) is 44.0. The molecule has 0 aromatic heterocycles. The molecule has 19 atom stereocenters. The average Bonchev–Trinajstić information content (AvgIpc) is 3.54. The van der Waals surface area contributed by atoms with Crippen molar-refractivity contribution in [1.29, 1.82) is 0 Å². The number of hydrogen-bond donors (Lipinski definition) is 14. The van der Waals surface area contributed by atoms with Crippen LogP contribution in [0.5, 0.6) is 0 Å². The minimum absolute atomic E-state index is 0.0310. The number of aliphatic hydroxyl groups is 6. The predicted octanol–water partition coefficient (Wildman–Crippen LogP) is -6.13. The van der Waals surface area contributed by atoms with Crippen molar-refractivity contribution < 1.29 is 68.6 Å². The van der Waals surface area contributed by atoms with Crippen LogP contribution in [0.2, 0.25) is 0 Å². The molecule has 20 N–H and O–H groups in total. The number of nitrogens with one attached hydrogen (secondary N) is 2. The summed E-state index contributed by atoms with van der Waals surface area (Å²) in [5.41, 5.74) is 38.0. The molecule has 3 saturated heterocycles. The molecule has 1 unspecified atom stereocenters. The van der Waals surface area contributed by atoms with Crippen molar-refractivity contribution in [2.75, 3.05) is 25.0 Å². The van der Waals surface area contributed by atoms with Crippen LogP contribution in [-0.4, -0.2) is 183 Å². The van der Waals surface area contributed by atoms with Gasteiger partial charge in [-0.05, 0) is 36.8 Å². The first-order valence-corrected chi connectivity index (χ1v) is 20.3. The van der Waals surface area contributed by atoms with Gasteiger partial charge in [0.1, 0.15) is 67.1 Å². The highest BCUT2D eigenvalue weighted by molar-refractivity contribution is 7.80. The van der Waals surface area contributed by atoms with Gasteiger partial charge >= 0.3 is 0 Å². The molecule has 3 aliphatic heterocycles. The van der Waals surface area contributed by atoms with Crippen molar-refractivity contribution in [1.82, 2.24) is 5.32 Å². The van der Waals surface area contributed by atoms with Gasteiger partial charge in [-0.3, -0.25) is 9.59 Å². The highest BCUT2D eigenvalue weighted by atomic mass is 32.1. The van der Waals surface area contributed by atoms with Gasteiger partial charge in [0.05, 0.1) is 18.2 Å². The van der Waals surface area contributed by atoms with Crippen LogP contribution in [0.3, 0.4) is 0 Å². The van der Waals surface area contributed by atoms with E-state index in [9.17, 15) is 40.2 Å². The van der Waals surface area contributed by atoms with Crippen LogP contribution < -0.4 is 45.0 Å². The normalized spacial score (nSPS) is 41.2. The highest BCUT2D eigenvalue weighted by Gasteiger charge is 2.54. The van der Waals surface area contributed by atoms with Gasteiger partial charge in [-0.15, -0.1) is 0 Å². The van der Waals surface area contributed by atoms with Crippen LogP contribution in [-0.2, 0) is 28.4 Å². The van der Waals surface area contributed by atoms with Crippen molar-refractivity contribution in [3.8, 4) is 0 Å². The number of fused-ring (bicyclic) bond motifs is 2. The molecule has 1 saturated carbocycles. The fourth-order valence-electron chi connectivity index (χ4n) is 8.31. The zero-order valence-electron chi connectivity index (χ0n) is 32.7. The number of ketones is 2. The van der Waals surface area contributed by atoms with Gasteiger partial charge in [0.2, 0.25) is 0 Å². The summed E-state index contributed by atoms with van der Waals surface area (Å²) in [5, 5.41) is 71.2. The molecule has 61 heavy (non-hydrogen) atoms. The SMILES string of the molecule is NCC1O[C@H](O[C@H]2[C@@H](O)[C@H](O[C@@H]3[C@@H](O)[C@H](N)C[C@H](N)[C@H]3O[C@H]3O[C@H](CN)[C@@H](O)[C@H](O)[C@H]3N)O[C@@H]2CNC(=S)Nc2ccc3c(c2)C(=O)c2ccccc2C3=O)[C@H](N)[C@@H](O)[C@@H]1O. The van der Waals surface area contributed by atoms with Crippen molar-refractivity contribution >= 4 is 34.6 Å². The third kappa shape index (κ3) is 8.97. The Morgan fingerprint density at radius 3 is 1.70 bits per heavy atom. The largest absolute Gasteiger partial charge is 0.389 e. The van der Waals surface area contributed by atoms with E-state index < -0.39 is 116 Å². The van der Waals surface area contributed by atoms with E-state index in [1.54, 1.807) is 30.3 Å². The summed E-state index contributed by atoms with van der Waals surface area (Å²) in [6, 6.07) is 6.73. The first-order valence-electron chi connectivity index (χ1n) is 19.9. The molecule has 7 rings (SSSR count). The number of rotatable bonds is 11. The molecule has 0 radical (unpaired) electrons. The Kier molecular flexibility index (Phi) is 14.1. The quantitative estimate of drug-likeness (QED) is 0.0797. The van der Waals surface area contributed by atoms with E-state index in [0.717, 1.165) is 0 Å². The van der Waals surface area contributed by atoms with E-state index in [2.05, 4.69) is 10.6 Å². The monoisotopic (exact) mass is 878 g/mol. The number of carbonyl (C=O) groups excluding carboxylic acids is 2. The summed E-state index contributed by atoms with van der Waals surface area (Å²) < 4.78 is 36.3. The number of carbonyl (C=O) groups is 2. The van der Waals surface area contributed by atoms with Crippen molar-refractivity contribution in [2.24, 2.45) is 34.4 Å². The van der Waals surface area contributed by atoms with Crippen molar-refractivity contribution in [3.63, 3.8) is 0 Å². The Morgan fingerprint density at radius 2 is 1.13 bits per heavy atom. The van der Waals surface area contributed by atoms with E-state index in [4.69, 9.17) is 75.0 Å². The van der Waals surface area contributed by atoms with Gasteiger partial charge in [-0.2, -0.15) is 0 Å². The standard InChI is InChI=1S/C38H54N8O14S/c39-9-19-27(50)29(52)22(43)35(55-19)58-32-18(42)8-17(41)26(49)34(32)60-37-31(54)33(59-36-23(44)30(53)28(51)20(10-40)56-36)21(57-37)11-45-38(61)46-12-5-6-15-16(7-12)25(48)14-4-2-1-3-13(14)24(15)47/h1-7,17-23,26-37,49-54H,8-11,39-44H2,(H2,45,46,61)/t17-,18+,19-,20?,21-,22-,23-,26+,27-,28-,29-,30-,31-,32-,33-,34-,35-,36-,37+/m1/s1. The van der Waals surface area contributed by atoms with Crippen LogP contribution in [0.25, 0.3) is 0 Å². The molecule has 336 valence electrons. The Morgan fingerprint density at radius 1 is 0.623 bits per heavy atom. The van der Waals surface area contributed by atoms with Crippen LogP contribution in [0.15, 0.2) is 42.5 Å². The number of aliphatic hydroxyl groups excluding tert-OH is 6. The smallest absolute Gasteiger partial charge is 0.194 e. The van der Waals surface area contributed by atoms with Gasteiger partial charge in [0.15, 0.2) is 35.5 Å². The molecule has 22 nitrogen and oxygen atoms in total. The zero-order valence-corrected chi connectivity index (χ0v) is 33.5. The average molecular weight is 879 g/mol. The minimum atomic E-state index is -1.68. The molecule has 23 heteroatoms. The maximum absolute atomic E-state index is 13.3. The minimum Gasteiger partial charge on any atom is -0.389 e. The topological polar surface area (TPSA) is 391 Å². The number of thiocarbonyl (C=S) groups is 1. The van der Waals surface area contributed by atoms with Crippen molar-refractivity contribution in [3.05, 3.63) is 64.7 Å². The maximum Gasteiger partial charge on any atom is 0.194 e. The third-order valence-corrected chi connectivity index (χ3v) is 12.1. The Hall–Kier alpha value is -3.25. The van der Waals surface area contributed by atoms with E-state index >= 15 is 0 Å². The summed E-state index contributed by atoms with van der Waals surface area (Å²) >= 11 is 5.56. The fourth-order valence-corrected chi connectivity index (χ4v) is 8.51. The van der Waals surface area contributed by atoms with E-state index in [1.165, 1.54) is 12.1 Å². The van der Waals surface area contributed by atoms with Crippen LogP contribution >= 0.6 is 12.2 Å². The number of ether oxygens (including phenoxy) is 6. The molecule has 5 aliphatic rings. The van der Waals surface area contributed by atoms with Gasteiger partial charge in [-0.1, -0.05) is 24.3 Å². The molecule has 2 aromatic rings. The van der Waals surface area contributed by atoms with Crippen molar-refractivity contribution in [2.45, 2.75) is 123 Å². The lowest BCUT2D eigenvalue weighted by Gasteiger charge is -2.47. The molecule has 0 bridgehead atoms. The number of hydrogen-bond acceptors (Lipinski definition) is 21. The molecule has 0 amide bonds. The molecule has 0 spiro atoms. The maximum atomic E-state index is 13.3. The summed E-state index contributed by atoms with van der Waals surface area (Å²) in [6.45, 7) is -0.585. The van der Waals surface area contributed by atoms with Crippen LogP contribution in [0.4, 0.5) is 5.69 Å². The number of anilines is 1. The second kappa shape index (κ2) is 18.8. The molecule has 2 aliphatic carbocycles. The molecule has 2 aromatic carbocycles. The number of nitrogens with two attached hydrogens (primary N) is 6. The molecule has 4 fully saturated rings. The van der Waals surface area contributed by atoms with E-state index in [-0.39, 0.29) is 59.4 Å². The second-order valence-corrected chi connectivity index (χ2v) is 16.3. The first kappa shape index (κ1) is 45.8. The summed E-state index contributed by atoms with van der Waals surface area (Å²) in [5.74, 6) is -0.612.